The molecule has 15 rings (SSSR count). The van der Waals surface area contributed by atoms with Crippen molar-refractivity contribution in [3.8, 4) is 6.07 Å². The molecule has 29 nitrogen and oxygen atoms in total. The van der Waals surface area contributed by atoms with E-state index in [9.17, 15) is 58.0 Å². The molecule has 1 spiro atoms. The number of hydrogen-bond donors (Lipinski definition) is 0. The molecule has 6 aliphatic carbocycles. The van der Waals surface area contributed by atoms with E-state index in [0.29, 0.717) is 51.0 Å². The predicted octanol–water partition coefficient (Wildman–Crippen LogP) is 16.7. The summed E-state index contributed by atoms with van der Waals surface area (Å²) in [4.78, 5) is 131. The Morgan fingerprint density at radius 2 is 0.883 bits per heavy atom. The standard InChI is InChI=1S/C18H26O7.C16H22O6.C15H19NO4.C15H22O7.C8H12O2.C7H14O2.C2H6.10CH4/c1-4-17(2,3)16(20)23-12-10-11(21-14(12)19)13-15(22-10)25-18(24-13)8-6-5-7-9-18;1-5-16(2,3)15(19)22-12-7-6-8-10(9(7)13(17)20-4)14(18)21-11(8)12;1-4-14(2,3)12(17)19-10-8-5-9-11(10)20-13(18)15(9,6-8)7-16;1-6-14(2,3)13(17)20-9-7-8(18-11(9)16)10-12(19-7)22-15(4,5)21-10;9-8-7-4-2-1-3-6(7)5-10-8;1-5-7(2,3)6(8)9-4;1-2;;;;;;;;;;/h10-13,15H,4-9H2,1-3H3;7-12H,5-6H2,1-4H3;8-11H,4-6H2,1-3H3;7-10,12H,6H2,1-5H3;6-7H,1-5H2;5H2,1-4H3;1-2H3;10*1H4. The molecule has 4 bridgehead atoms. The van der Waals surface area contributed by atoms with Gasteiger partial charge in [0.25, 0.3) is 0 Å². The maximum atomic E-state index is 12.4. The lowest BCUT2D eigenvalue weighted by Crippen LogP contribution is -2.45. The summed E-state index contributed by atoms with van der Waals surface area (Å²) in [6, 6.07) is 2.15. The molecule has 9 aliphatic heterocycles. The van der Waals surface area contributed by atoms with Crippen LogP contribution in [0.25, 0.3) is 0 Å². The van der Waals surface area contributed by atoms with Crippen LogP contribution in [0, 0.1) is 91.2 Å². The number of esters is 11. The molecule has 6 saturated carbocycles. The Balaban J connectivity index is 0. The quantitative estimate of drug-likeness (QED) is 0.109. The molecule has 29 heteroatoms. The average molecular weight is 1720 g/mol. The second kappa shape index (κ2) is 44.8. The maximum Gasteiger partial charge on any atom is 0.350 e. The summed E-state index contributed by atoms with van der Waals surface area (Å²) >= 11 is 0. The highest BCUT2D eigenvalue weighted by atomic mass is 16.9. The Bertz CT molecular complexity index is 3460. The van der Waals surface area contributed by atoms with Crippen LogP contribution >= 0.6 is 0 Å². The van der Waals surface area contributed by atoms with Gasteiger partial charge in [0.1, 0.15) is 36.6 Å². The largest absolute Gasteiger partial charge is 0.469 e. The summed E-state index contributed by atoms with van der Waals surface area (Å²) in [5, 5.41) is 9.31. The van der Waals surface area contributed by atoms with E-state index in [4.69, 9.17) is 75.8 Å². The summed E-state index contributed by atoms with van der Waals surface area (Å²) in [7, 11) is 2.73. The van der Waals surface area contributed by atoms with Crippen molar-refractivity contribution in [1.29, 1.82) is 5.26 Å². The number of carbonyl (C=O) groups is 11. The summed E-state index contributed by atoms with van der Waals surface area (Å²) in [6.45, 7) is 36.1. The van der Waals surface area contributed by atoms with E-state index in [1.54, 1.807) is 41.5 Å². The number of carbonyl (C=O) groups excluding carboxylic acids is 11. The van der Waals surface area contributed by atoms with E-state index in [0.717, 1.165) is 44.9 Å². The first kappa shape index (κ1) is 115. The van der Waals surface area contributed by atoms with Crippen molar-refractivity contribution < 1.29 is 133 Å². The van der Waals surface area contributed by atoms with Gasteiger partial charge < -0.3 is 80.5 Å². The third-order valence-corrected chi connectivity index (χ3v) is 25.9. The van der Waals surface area contributed by atoms with Crippen LogP contribution in [0.5, 0.6) is 0 Å². The van der Waals surface area contributed by atoms with Crippen molar-refractivity contribution in [2.45, 2.75) is 412 Å². The van der Waals surface area contributed by atoms with E-state index >= 15 is 0 Å². The first-order valence-corrected chi connectivity index (χ1v) is 40.0. The first-order valence-electron chi connectivity index (χ1n) is 40.0. The third-order valence-electron chi connectivity index (χ3n) is 25.9. The molecule has 0 radical (unpaired) electrons. The van der Waals surface area contributed by atoms with Crippen molar-refractivity contribution in [1.82, 2.24) is 0 Å². The topological polar surface area (TPSA) is 368 Å². The van der Waals surface area contributed by atoms with Gasteiger partial charge in [-0.1, -0.05) is 142 Å². The Hall–Kier alpha value is -6.58. The van der Waals surface area contributed by atoms with Crippen LogP contribution in [0.15, 0.2) is 0 Å². The normalized spacial score (nSPS) is 33.5. The van der Waals surface area contributed by atoms with E-state index in [1.165, 1.54) is 39.9 Å². The number of cyclic esters (lactones) is 1. The highest BCUT2D eigenvalue weighted by Crippen LogP contribution is 2.63. The van der Waals surface area contributed by atoms with Crippen molar-refractivity contribution in [2.75, 3.05) is 20.8 Å². The minimum absolute atomic E-state index is 0. The molecule has 23 atom stereocenters. The number of nitriles is 1. The highest BCUT2D eigenvalue weighted by Gasteiger charge is 2.74. The summed E-state index contributed by atoms with van der Waals surface area (Å²) in [5.41, 5.74) is -3.73. The molecule has 0 aromatic heterocycles. The average Bonchev–Trinajstić information content (AvgIpc) is 1.55. The van der Waals surface area contributed by atoms with Crippen molar-refractivity contribution in [3.63, 3.8) is 0 Å². The zero-order valence-electron chi connectivity index (χ0n) is 68.3. The molecular weight excluding hydrogens is 1550 g/mol. The predicted molar refractivity (Wildman–Crippen MR) is 450 cm³/mol. The van der Waals surface area contributed by atoms with Gasteiger partial charge in [0, 0.05) is 42.4 Å². The second-order valence-corrected chi connectivity index (χ2v) is 35.2. The van der Waals surface area contributed by atoms with Crippen LogP contribution in [0.4, 0.5) is 0 Å². The van der Waals surface area contributed by atoms with Gasteiger partial charge in [0.2, 0.25) is 12.2 Å². The van der Waals surface area contributed by atoms with Crippen LogP contribution < -0.4 is 0 Å². The molecule has 15 aliphatic rings. The molecule has 0 amide bonds. The molecule has 23 unspecified atom stereocenters. The Morgan fingerprint density at radius 1 is 0.450 bits per heavy atom. The van der Waals surface area contributed by atoms with Crippen LogP contribution in [0.1, 0.15) is 315 Å². The Kier molecular flexibility index (Phi) is 43.1. The molecule has 15 fully saturated rings. The third kappa shape index (κ3) is 22.7. The van der Waals surface area contributed by atoms with E-state index < -0.39 is 166 Å². The van der Waals surface area contributed by atoms with Gasteiger partial charge in [0.15, 0.2) is 54.0 Å². The number of fused-ring (bicyclic) bond motifs is 9. The lowest BCUT2D eigenvalue weighted by molar-refractivity contribution is -0.246. The van der Waals surface area contributed by atoms with Crippen molar-refractivity contribution in [3.05, 3.63) is 0 Å². The summed E-state index contributed by atoms with van der Waals surface area (Å²) < 4.78 is 93.1. The van der Waals surface area contributed by atoms with Crippen LogP contribution in [-0.4, -0.2) is 184 Å². The fourth-order valence-electron chi connectivity index (χ4n) is 16.9. The Morgan fingerprint density at radius 3 is 1.32 bits per heavy atom. The number of hydrogen-bond acceptors (Lipinski definition) is 29. The lowest BCUT2D eigenvalue weighted by Gasteiger charge is -2.33. The summed E-state index contributed by atoms with van der Waals surface area (Å²) in [5.74, 6) is -5.65. The van der Waals surface area contributed by atoms with Gasteiger partial charge in [-0.05, 0) is 160 Å². The molecule has 0 N–H and O–H groups in total. The highest BCUT2D eigenvalue weighted by molar-refractivity contribution is 5.88. The zero-order chi connectivity index (χ0) is 81.5. The number of methoxy groups -OCH3 is 2. The van der Waals surface area contributed by atoms with Gasteiger partial charge in [-0.3, -0.25) is 43.2 Å². The van der Waals surface area contributed by atoms with Gasteiger partial charge in [-0.25, -0.2) is 9.59 Å². The lowest BCUT2D eigenvalue weighted by atomic mass is 9.74. The minimum atomic E-state index is -1.07. The maximum absolute atomic E-state index is 12.4. The van der Waals surface area contributed by atoms with E-state index in [-0.39, 0.29) is 145 Å². The van der Waals surface area contributed by atoms with Crippen LogP contribution in [0.3, 0.4) is 0 Å². The van der Waals surface area contributed by atoms with Crippen LogP contribution in [-0.2, 0) is 133 Å². The molecule has 698 valence electrons. The van der Waals surface area contributed by atoms with E-state index in [2.05, 4.69) is 10.8 Å². The smallest absolute Gasteiger partial charge is 0.350 e. The molecule has 120 heavy (non-hydrogen) atoms. The van der Waals surface area contributed by atoms with Gasteiger partial charge >= 0.3 is 65.7 Å². The molecule has 9 heterocycles. The number of nitrogens with zero attached hydrogens (tertiary/aromatic N) is 1. The van der Waals surface area contributed by atoms with Crippen molar-refractivity contribution >= 4 is 65.7 Å². The fourth-order valence-corrected chi connectivity index (χ4v) is 16.9. The Labute approximate surface area is 720 Å². The molecule has 0 aromatic rings. The van der Waals surface area contributed by atoms with E-state index in [1.807, 2.05) is 90.0 Å². The van der Waals surface area contributed by atoms with Crippen LogP contribution in [0.2, 0.25) is 0 Å². The molecule has 0 aromatic carbocycles. The minimum Gasteiger partial charge on any atom is -0.469 e. The number of rotatable bonds is 15. The van der Waals surface area contributed by atoms with Gasteiger partial charge in [-0.15, -0.1) is 0 Å². The van der Waals surface area contributed by atoms with Gasteiger partial charge in [0.05, 0.1) is 71.7 Å². The summed E-state index contributed by atoms with van der Waals surface area (Å²) in [6.07, 6.45) is 6.50. The molecule has 9 saturated heterocycles. The van der Waals surface area contributed by atoms with Crippen molar-refractivity contribution in [2.24, 2.45) is 79.8 Å². The second-order valence-electron chi connectivity index (χ2n) is 35.2. The zero-order valence-corrected chi connectivity index (χ0v) is 68.3. The molecular formula is C91H161NO28. The monoisotopic (exact) mass is 1720 g/mol. The first-order chi connectivity index (χ1) is 51.6. The SMILES string of the molecule is C.C.C.C.C.C.C.C.C.C.CC.CCC(C)(C)C(=O)OC.CCC(C)(C)C(=O)OC1C(=O)OC2C3OC(C)(C)OC3OC12.CCC(C)(C)C(=O)OC1C(=O)OC2C3OC4(CCCCC4)OC3OC12.CCC(C)(C)C(=O)OC1C2CC3C1OC(=O)C3(C#N)C2.CCC(C)(C)C(=O)OC1C2CC3C1OC(=O)C3C2C(=O)OC.O=C1OCC2CCCCC12. The van der Waals surface area contributed by atoms with Gasteiger partial charge in [-0.2, -0.15) is 5.26 Å². The fraction of sp³-hybridized carbons (Fsp3) is 0.868. The number of ether oxygens (including phenoxy) is 17.